The largest absolute Gasteiger partial charge is 0.494 e. The Morgan fingerprint density at radius 3 is 2.67 bits per heavy atom. The van der Waals surface area contributed by atoms with Crippen molar-refractivity contribution in [3.8, 4) is 17.2 Å². The smallest absolute Gasteiger partial charge is 0.226 e. The van der Waals surface area contributed by atoms with Crippen LogP contribution in [0.15, 0.2) is 34.9 Å². The lowest BCUT2D eigenvalue weighted by molar-refractivity contribution is 0.280. The van der Waals surface area contributed by atoms with Crippen molar-refractivity contribution in [3.05, 3.63) is 36.2 Å². The Labute approximate surface area is 144 Å². The van der Waals surface area contributed by atoms with Crippen LogP contribution in [0.1, 0.15) is 51.6 Å². The number of benzene rings is 1. The van der Waals surface area contributed by atoms with Gasteiger partial charge < -0.3 is 14.5 Å². The molecule has 1 aromatic carbocycles. The summed E-state index contributed by atoms with van der Waals surface area (Å²) in [6.45, 7) is 5.71. The van der Waals surface area contributed by atoms with Crippen molar-refractivity contribution in [2.24, 2.45) is 5.92 Å². The van der Waals surface area contributed by atoms with Gasteiger partial charge in [0.2, 0.25) is 5.89 Å². The molecule has 3 rings (SSSR count). The molecule has 0 radical (unpaired) electrons. The average Bonchev–Trinajstić information content (AvgIpc) is 3.10. The fourth-order valence-corrected chi connectivity index (χ4v) is 3.45. The van der Waals surface area contributed by atoms with Crippen LogP contribution in [0.4, 0.5) is 0 Å². The van der Waals surface area contributed by atoms with Crippen molar-refractivity contribution in [2.75, 3.05) is 6.61 Å². The van der Waals surface area contributed by atoms with Gasteiger partial charge in [-0.3, -0.25) is 0 Å². The van der Waals surface area contributed by atoms with Gasteiger partial charge in [-0.05, 0) is 56.9 Å². The lowest BCUT2D eigenvalue weighted by Crippen LogP contribution is -2.34. The van der Waals surface area contributed by atoms with E-state index in [4.69, 9.17) is 9.15 Å². The number of hydrogen-bond acceptors (Lipinski definition) is 4. The summed E-state index contributed by atoms with van der Waals surface area (Å²) in [4.78, 5) is 4.60. The highest BCUT2D eigenvalue weighted by Crippen LogP contribution is 2.26. The fourth-order valence-electron chi connectivity index (χ4n) is 3.45. The number of rotatable bonds is 7. The summed E-state index contributed by atoms with van der Waals surface area (Å²) in [5.74, 6) is 2.34. The van der Waals surface area contributed by atoms with Crippen LogP contribution in [0.3, 0.4) is 0 Å². The first-order valence-corrected chi connectivity index (χ1v) is 9.17. The van der Waals surface area contributed by atoms with Gasteiger partial charge in [-0.2, -0.15) is 0 Å². The van der Waals surface area contributed by atoms with Crippen molar-refractivity contribution >= 4 is 0 Å². The van der Waals surface area contributed by atoms with Crippen molar-refractivity contribution in [1.82, 2.24) is 10.3 Å². The van der Waals surface area contributed by atoms with Gasteiger partial charge in [0.25, 0.3) is 0 Å². The molecule has 1 aliphatic carbocycles. The Morgan fingerprint density at radius 1 is 1.21 bits per heavy atom. The SMILES string of the molecule is CCOc1ccc(-c2nc(CNC(C)C3CCCCC3)co2)cc1. The van der Waals surface area contributed by atoms with Gasteiger partial charge in [-0.15, -0.1) is 0 Å². The van der Waals surface area contributed by atoms with Crippen molar-refractivity contribution < 1.29 is 9.15 Å². The fraction of sp³-hybridized carbons (Fsp3) is 0.550. The first-order chi connectivity index (χ1) is 11.8. The number of nitrogens with zero attached hydrogens (tertiary/aromatic N) is 1. The minimum atomic E-state index is 0.538. The minimum absolute atomic E-state index is 0.538. The highest BCUT2D eigenvalue weighted by molar-refractivity contribution is 5.54. The highest BCUT2D eigenvalue weighted by atomic mass is 16.5. The molecular formula is C20H28N2O2. The summed E-state index contributed by atoms with van der Waals surface area (Å²) in [6.07, 6.45) is 8.62. The molecular weight excluding hydrogens is 300 g/mol. The Kier molecular flexibility index (Phi) is 5.91. The minimum Gasteiger partial charge on any atom is -0.494 e. The highest BCUT2D eigenvalue weighted by Gasteiger charge is 2.19. The van der Waals surface area contributed by atoms with Crippen molar-refractivity contribution in [3.63, 3.8) is 0 Å². The van der Waals surface area contributed by atoms with Gasteiger partial charge >= 0.3 is 0 Å². The number of aromatic nitrogens is 1. The first-order valence-electron chi connectivity index (χ1n) is 9.17. The lowest BCUT2D eigenvalue weighted by atomic mass is 9.84. The van der Waals surface area contributed by atoms with E-state index < -0.39 is 0 Å². The Bertz CT molecular complexity index is 615. The van der Waals surface area contributed by atoms with Gasteiger partial charge in [0.15, 0.2) is 0 Å². The third kappa shape index (κ3) is 4.38. The molecule has 1 saturated carbocycles. The van der Waals surface area contributed by atoms with E-state index in [0.717, 1.165) is 29.5 Å². The normalized spacial score (nSPS) is 16.9. The summed E-state index contributed by atoms with van der Waals surface area (Å²) in [6, 6.07) is 8.41. The molecule has 1 aliphatic rings. The predicted molar refractivity (Wildman–Crippen MR) is 96.0 cm³/mol. The maximum absolute atomic E-state index is 5.64. The second kappa shape index (κ2) is 8.34. The molecule has 0 spiro atoms. The number of nitrogens with one attached hydrogen (secondary N) is 1. The maximum Gasteiger partial charge on any atom is 0.226 e. The molecule has 1 fully saturated rings. The summed E-state index contributed by atoms with van der Waals surface area (Å²) < 4.78 is 11.1. The van der Waals surface area contributed by atoms with Crippen LogP contribution in [0.2, 0.25) is 0 Å². The van der Waals surface area contributed by atoms with E-state index in [9.17, 15) is 0 Å². The van der Waals surface area contributed by atoms with Gasteiger partial charge in [-0.25, -0.2) is 4.98 Å². The zero-order chi connectivity index (χ0) is 16.8. The van der Waals surface area contributed by atoms with E-state index in [1.54, 1.807) is 6.26 Å². The Hall–Kier alpha value is -1.81. The monoisotopic (exact) mass is 328 g/mol. The van der Waals surface area contributed by atoms with Crippen LogP contribution in [0, 0.1) is 5.92 Å². The summed E-state index contributed by atoms with van der Waals surface area (Å²) in [7, 11) is 0. The van der Waals surface area contributed by atoms with Crippen LogP contribution in [0.25, 0.3) is 11.5 Å². The zero-order valence-corrected chi connectivity index (χ0v) is 14.8. The zero-order valence-electron chi connectivity index (χ0n) is 14.8. The number of ether oxygens (including phenoxy) is 1. The van der Waals surface area contributed by atoms with Crippen LogP contribution in [-0.2, 0) is 6.54 Å². The van der Waals surface area contributed by atoms with E-state index in [2.05, 4.69) is 17.2 Å². The molecule has 1 aromatic heterocycles. The van der Waals surface area contributed by atoms with Crippen molar-refractivity contribution in [1.29, 1.82) is 0 Å². The summed E-state index contributed by atoms with van der Waals surface area (Å²) >= 11 is 0. The van der Waals surface area contributed by atoms with Crippen molar-refractivity contribution in [2.45, 2.75) is 58.5 Å². The molecule has 130 valence electrons. The van der Waals surface area contributed by atoms with E-state index in [-0.39, 0.29) is 0 Å². The van der Waals surface area contributed by atoms with Crippen LogP contribution in [-0.4, -0.2) is 17.6 Å². The molecule has 0 bridgehead atoms. The third-order valence-corrected chi connectivity index (χ3v) is 4.93. The van der Waals surface area contributed by atoms with Gasteiger partial charge in [-0.1, -0.05) is 19.3 Å². The van der Waals surface area contributed by atoms with E-state index in [1.807, 2.05) is 31.2 Å². The van der Waals surface area contributed by atoms with E-state index >= 15 is 0 Å². The van der Waals surface area contributed by atoms with Gasteiger partial charge in [0.1, 0.15) is 12.0 Å². The molecule has 0 amide bonds. The number of hydrogen-bond donors (Lipinski definition) is 1. The lowest BCUT2D eigenvalue weighted by Gasteiger charge is -2.28. The molecule has 1 heterocycles. The quantitative estimate of drug-likeness (QED) is 0.793. The molecule has 0 aliphatic heterocycles. The second-order valence-electron chi connectivity index (χ2n) is 6.67. The molecule has 1 N–H and O–H groups in total. The molecule has 4 heteroatoms. The maximum atomic E-state index is 5.64. The van der Waals surface area contributed by atoms with Gasteiger partial charge in [0, 0.05) is 18.2 Å². The molecule has 4 nitrogen and oxygen atoms in total. The summed E-state index contributed by atoms with van der Waals surface area (Å²) in [5.41, 5.74) is 1.94. The van der Waals surface area contributed by atoms with Crippen LogP contribution in [0.5, 0.6) is 5.75 Å². The average molecular weight is 328 g/mol. The Morgan fingerprint density at radius 2 is 1.96 bits per heavy atom. The molecule has 24 heavy (non-hydrogen) atoms. The van der Waals surface area contributed by atoms with Gasteiger partial charge in [0.05, 0.1) is 12.3 Å². The van der Waals surface area contributed by atoms with E-state index in [0.29, 0.717) is 18.5 Å². The molecule has 1 atom stereocenters. The van der Waals surface area contributed by atoms with E-state index in [1.165, 1.54) is 32.1 Å². The third-order valence-electron chi connectivity index (χ3n) is 4.93. The topological polar surface area (TPSA) is 47.3 Å². The molecule has 0 saturated heterocycles. The summed E-state index contributed by atoms with van der Waals surface area (Å²) in [5, 5.41) is 3.62. The first kappa shape index (κ1) is 17.0. The Balaban J connectivity index is 1.55. The van der Waals surface area contributed by atoms with Crippen LogP contribution < -0.4 is 10.1 Å². The molecule has 1 unspecified atom stereocenters. The van der Waals surface area contributed by atoms with Crippen LogP contribution >= 0.6 is 0 Å². The molecule has 2 aromatic rings. The predicted octanol–water partition coefficient (Wildman–Crippen LogP) is 4.80. The standard InChI is InChI=1S/C20H28N2O2/c1-3-23-19-11-9-17(10-12-19)20-22-18(14-24-20)13-21-15(2)16-7-5-4-6-8-16/h9-12,14-16,21H,3-8,13H2,1-2H3. The second-order valence-corrected chi connectivity index (χ2v) is 6.67. The number of oxazole rings is 1.